The number of anilines is 2. The zero-order valence-electron chi connectivity index (χ0n) is 16.8. The van der Waals surface area contributed by atoms with Crippen molar-refractivity contribution < 1.29 is 19.1 Å². The molecule has 7 heteroatoms. The molecule has 0 unspecified atom stereocenters. The summed E-state index contributed by atoms with van der Waals surface area (Å²) in [4.78, 5) is 28.7. The number of methoxy groups -OCH3 is 2. The molecule has 2 heterocycles. The van der Waals surface area contributed by atoms with Gasteiger partial charge in [0.05, 0.1) is 25.5 Å². The van der Waals surface area contributed by atoms with Crippen molar-refractivity contribution in [1.29, 1.82) is 0 Å². The molecule has 2 amide bonds. The number of hydrogen-bond acceptors (Lipinski definition) is 6. The number of rotatable bonds is 6. The Morgan fingerprint density at radius 2 is 1.57 bits per heavy atom. The molecule has 0 spiro atoms. The molecule has 2 aromatic carbocycles. The van der Waals surface area contributed by atoms with E-state index in [2.05, 4.69) is 5.32 Å². The Balaban J connectivity index is 1.80. The first-order valence-electron chi connectivity index (χ1n) is 9.25. The smallest absolute Gasteiger partial charge is 0.282 e. The molecular weight excluding hydrogens is 400 g/mol. The highest BCUT2D eigenvalue weighted by atomic mass is 32.1. The van der Waals surface area contributed by atoms with Crippen LogP contribution in [0.2, 0.25) is 0 Å². The molecule has 3 aromatic rings. The predicted molar refractivity (Wildman–Crippen MR) is 118 cm³/mol. The average Bonchev–Trinajstić information content (AvgIpc) is 3.36. The zero-order chi connectivity index (χ0) is 21.3. The standard InChI is InChI=1S/C23H20N2O4S/c1-14-6-8-15(9-7-14)24-21-20(19-5-4-10-30-19)22(26)25(23(21)27)16-11-17(28-2)13-18(12-16)29-3/h4-13,24H,1-3H3. The number of imide groups is 1. The van der Waals surface area contributed by atoms with E-state index in [4.69, 9.17) is 9.47 Å². The highest BCUT2D eigenvalue weighted by molar-refractivity contribution is 7.11. The van der Waals surface area contributed by atoms with Gasteiger partial charge in [0.2, 0.25) is 0 Å². The van der Waals surface area contributed by atoms with E-state index in [1.165, 1.54) is 25.6 Å². The van der Waals surface area contributed by atoms with Gasteiger partial charge in [0.25, 0.3) is 11.8 Å². The second-order valence-corrected chi connectivity index (χ2v) is 7.68. The summed E-state index contributed by atoms with van der Waals surface area (Å²) < 4.78 is 10.6. The van der Waals surface area contributed by atoms with Crippen LogP contribution in [0.3, 0.4) is 0 Å². The van der Waals surface area contributed by atoms with Crippen LogP contribution in [0.4, 0.5) is 11.4 Å². The summed E-state index contributed by atoms with van der Waals surface area (Å²) in [5, 5.41) is 5.03. The average molecular weight is 420 g/mol. The monoisotopic (exact) mass is 420 g/mol. The van der Waals surface area contributed by atoms with Crippen molar-refractivity contribution in [3.05, 3.63) is 76.1 Å². The summed E-state index contributed by atoms with van der Waals surface area (Å²) in [6.07, 6.45) is 0. The second-order valence-electron chi connectivity index (χ2n) is 6.73. The lowest BCUT2D eigenvalue weighted by Gasteiger charge is -2.17. The van der Waals surface area contributed by atoms with Crippen LogP contribution < -0.4 is 19.7 Å². The van der Waals surface area contributed by atoms with Crippen molar-refractivity contribution in [3.63, 3.8) is 0 Å². The molecule has 30 heavy (non-hydrogen) atoms. The highest BCUT2D eigenvalue weighted by Crippen LogP contribution is 2.38. The van der Waals surface area contributed by atoms with Crippen LogP contribution >= 0.6 is 11.3 Å². The van der Waals surface area contributed by atoms with Gasteiger partial charge in [-0.2, -0.15) is 0 Å². The lowest BCUT2D eigenvalue weighted by Crippen LogP contribution is -2.32. The topological polar surface area (TPSA) is 67.9 Å². The maximum atomic E-state index is 13.4. The van der Waals surface area contributed by atoms with E-state index in [1.54, 1.807) is 18.2 Å². The van der Waals surface area contributed by atoms with Crippen LogP contribution in [-0.2, 0) is 9.59 Å². The summed E-state index contributed by atoms with van der Waals surface area (Å²) >= 11 is 1.41. The molecule has 6 nitrogen and oxygen atoms in total. The van der Waals surface area contributed by atoms with Gasteiger partial charge in [-0.05, 0) is 30.5 Å². The fraction of sp³-hybridized carbons (Fsp3) is 0.130. The summed E-state index contributed by atoms with van der Waals surface area (Å²) in [5.41, 5.74) is 2.81. The third-order valence-electron chi connectivity index (χ3n) is 4.77. The molecule has 0 bridgehead atoms. The van der Waals surface area contributed by atoms with Crippen molar-refractivity contribution in [2.75, 3.05) is 24.4 Å². The number of benzene rings is 2. The van der Waals surface area contributed by atoms with E-state index in [0.717, 1.165) is 21.0 Å². The lowest BCUT2D eigenvalue weighted by atomic mass is 10.1. The largest absolute Gasteiger partial charge is 0.497 e. The maximum Gasteiger partial charge on any atom is 0.282 e. The van der Waals surface area contributed by atoms with Gasteiger partial charge in [0, 0.05) is 28.8 Å². The highest BCUT2D eigenvalue weighted by Gasteiger charge is 2.41. The number of nitrogens with zero attached hydrogens (tertiary/aromatic N) is 1. The van der Waals surface area contributed by atoms with Crippen molar-refractivity contribution in [1.82, 2.24) is 0 Å². The van der Waals surface area contributed by atoms with E-state index in [1.807, 2.05) is 48.7 Å². The minimum absolute atomic E-state index is 0.244. The molecule has 0 aliphatic carbocycles. The van der Waals surface area contributed by atoms with Crippen molar-refractivity contribution in [3.8, 4) is 11.5 Å². The molecule has 1 aliphatic heterocycles. The maximum absolute atomic E-state index is 13.4. The number of thiophene rings is 1. The molecule has 4 rings (SSSR count). The summed E-state index contributed by atoms with van der Waals surface area (Å²) in [6, 6.07) is 16.3. The molecular formula is C23H20N2O4S. The predicted octanol–water partition coefficient (Wildman–Crippen LogP) is 4.47. The van der Waals surface area contributed by atoms with Gasteiger partial charge in [-0.25, -0.2) is 4.90 Å². The van der Waals surface area contributed by atoms with Gasteiger partial charge in [0.1, 0.15) is 17.2 Å². The molecule has 0 radical (unpaired) electrons. The van der Waals surface area contributed by atoms with Crippen molar-refractivity contribution in [2.45, 2.75) is 6.92 Å². The van der Waals surface area contributed by atoms with E-state index in [9.17, 15) is 9.59 Å². The van der Waals surface area contributed by atoms with Gasteiger partial charge in [0.15, 0.2) is 0 Å². The van der Waals surface area contributed by atoms with Crippen LogP contribution in [0, 0.1) is 6.92 Å². The Hall–Kier alpha value is -3.58. The number of nitrogens with one attached hydrogen (secondary N) is 1. The van der Waals surface area contributed by atoms with E-state index in [-0.39, 0.29) is 5.70 Å². The first-order chi connectivity index (χ1) is 14.5. The second kappa shape index (κ2) is 8.04. The molecule has 1 aromatic heterocycles. The molecule has 0 saturated heterocycles. The van der Waals surface area contributed by atoms with Crippen molar-refractivity contribution in [2.24, 2.45) is 0 Å². The molecule has 1 N–H and O–H groups in total. The fourth-order valence-corrected chi connectivity index (χ4v) is 4.00. The molecule has 0 atom stereocenters. The van der Waals surface area contributed by atoms with Crippen LogP contribution in [0.1, 0.15) is 10.4 Å². The molecule has 0 saturated carbocycles. The Morgan fingerprint density at radius 3 is 2.13 bits per heavy atom. The Morgan fingerprint density at radius 1 is 0.900 bits per heavy atom. The number of carbonyl (C=O) groups is 2. The minimum atomic E-state index is -0.431. The van der Waals surface area contributed by atoms with Crippen LogP contribution in [0.5, 0.6) is 11.5 Å². The quantitative estimate of drug-likeness (QED) is 0.596. The Kier molecular flexibility index (Phi) is 5.29. The summed E-state index contributed by atoms with van der Waals surface area (Å²) in [5.74, 6) is 0.150. The third kappa shape index (κ3) is 3.55. The molecule has 0 fully saturated rings. The number of amides is 2. The SMILES string of the molecule is COc1cc(OC)cc(N2C(=O)C(Nc3ccc(C)cc3)=C(c3cccs3)C2=O)c1. The number of ether oxygens (including phenoxy) is 2. The summed E-state index contributed by atoms with van der Waals surface area (Å²) in [7, 11) is 3.04. The Bertz CT molecular complexity index is 1110. The Labute approximate surface area is 178 Å². The fourth-order valence-electron chi connectivity index (χ4n) is 3.23. The molecule has 1 aliphatic rings. The number of hydrogen-bond donors (Lipinski definition) is 1. The van der Waals surface area contributed by atoms with Gasteiger partial charge >= 0.3 is 0 Å². The minimum Gasteiger partial charge on any atom is -0.497 e. The number of aryl methyl sites for hydroxylation is 1. The lowest BCUT2D eigenvalue weighted by molar-refractivity contribution is -0.120. The van der Waals surface area contributed by atoms with E-state index < -0.39 is 11.8 Å². The van der Waals surface area contributed by atoms with Crippen LogP contribution in [0.15, 0.2) is 65.7 Å². The van der Waals surface area contributed by atoms with E-state index >= 15 is 0 Å². The van der Waals surface area contributed by atoms with Crippen LogP contribution in [-0.4, -0.2) is 26.0 Å². The van der Waals surface area contributed by atoms with Gasteiger partial charge < -0.3 is 14.8 Å². The number of carbonyl (C=O) groups excluding carboxylic acids is 2. The first kappa shape index (κ1) is 19.7. The van der Waals surface area contributed by atoms with Crippen LogP contribution in [0.25, 0.3) is 5.57 Å². The third-order valence-corrected chi connectivity index (χ3v) is 5.65. The van der Waals surface area contributed by atoms with Gasteiger partial charge in [-0.15, -0.1) is 11.3 Å². The van der Waals surface area contributed by atoms with E-state index in [0.29, 0.717) is 22.8 Å². The van der Waals surface area contributed by atoms with Gasteiger partial charge in [-0.1, -0.05) is 23.8 Å². The first-order valence-corrected chi connectivity index (χ1v) is 10.1. The zero-order valence-corrected chi connectivity index (χ0v) is 17.6. The normalized spacial score (nSPS) is 13.8. The van der Waals surface area contributed by atoms with Crippen molar-refractivity contribution >= 4 is 40.1 Å². The van der Waals surface area contributed by atoms with Gasteiger partial charge in [-0.3, -0.25) is 9.59 Å². The summed E-state index contributed by atoms with van der Waals surface area (Å²) in [6.45, 7) is 1.99. The molecule has 152 valence electrons.